The number of anilines is 1. The molecule has 2 aliphatic heterocycles. The first-order chi connectivity index (χ1) is 17.8. The summed E-state index contributed by atoms with van der Waals surface area (Å²) in [6, 6.07) is 3.83. The van der Waals surface area contributed by atoms with Crippen LogP contribution >= 0.6 is 0 Å². The minimum absolute atomic E-state index is 0.0877. The summed E-state index contributed by atoms with van der Waals surface area (Å²) in [7, 11) is 2.04. The number of aromatic nitrogens is 3. The molecule has 5 rings (SSSR count). The zero-order valence-corrected chi connectivity index (χ0v) is 20.1. The van der Waals surface area contributed by atoms with Crippen LogP contribution in [0, 0.1) is 5.41 Å². The number of hydrazine groups is 1. The number of rotatable bonds is 7. The number of hydrogen-bond donors (Lipinski definition) is 4. The van der Waals surface area contributed by atoms with E-state index in [1.54, 1.807) is 24.7 Å². The minimum atomic E-state index is -3.08. The predicted octanol–water partition coefficient (Wildman–Crippen LogP) is 2.14. The lowest BCUT2D eigenvalue weighted by Gasteiger charge is -2.36. The van der Waals surface area contributed by atoms with Crippen LogP contribution in [0.1, 0.15) is 40.4 Å². The third-order valence-corrected chi connectivity index (χ3v) is 6.54. The number of nitrogen functional groups attached to an aromatic ring is 1. The van der Waals surface area contributed by atoms with Crippen molar-refractivity contribution in [3.05, 3.63) is 65.4 Å². The van der Waals surface area contributed by atoms with Gasteiger partial charge >= 0.3 is 6.61 Å². The maximum absolute atomic E-state index is 13.3. The lowest BCUT2D eigenvalue weighted by Crippen LogP contribution is -2.48. The molecule has 0 saturated carbocycles. The van der Waals surface area contributed by atoms with Crippen molar-refractivity contribution in [2.24, 2.45) is 0 Å². The number of carbonyl (C=O) groups is 1. The van der Waals surface area contributed by atoms with Crippen molar-refractivity contribution in [1.82, 2.24) is 35.2 Å². The smallest absolute Gasteiger partial charge is 0.387 e. The van der Waals surface area contributed by atoms with Gasteiger partial charge in [0.2, 0.25) is 0 Å². The Kier molecular flexibility index (Phi) is 6.72. The highest BCUT2D eigenvalue weighted by molar-refractivity contribution is 6.00. The fourth-order valence-corrected chi connectivity index (χ4v) is 4.76. The second kappa shape index (κ2) is 10.1. The Labute approximate surface area is 211 Å². The Hall–Kier alpha value is -4.10. The highest BCUT2D eigenvalue weighted by Gasteiger charge is 2.35. The fraction of sp³-hybridized carbons (Fsp3) is 0.333. The Morgan fingerprint density at radius 3 is 3.00 bits per heavy atom. The number of piperidine rings is 1. The molecule has 1 saturated heterocycles. The van der Waals surface area contributed by atoms with Gasteiger partial charge in [-0.05, 0) is 38.6 Å². The van der Waals surface area contributed by atoms with Crippen molar-refractivity contribution in [3.63, 3.8) is 0 Å². The van der Waals surface area contributed by atoms with Crippen molar-refractivity contribution in [3.8, 4) is 5.75 Å². The average Bonchev–Trinajstić information content (AvgIpc) is 3.48. The van der Waals surface area contributed by atoms with Crippen molar-refractivity contribution in [2.75, 3.05) is 25.9 Å². The Balaban J connectivity index is 1.52. The van der Waals surface area contributed by atoms with Gasteiger partial charge in [-0.1, -0.05) is 0 Å². The first-order valence-corrected chi connectivity index (χ1v) is 11.8. The van der Waals surface area contributed by atoms with Crippen molar-refractivity contribution < 1.29 is 18.3 Å². The van der Waals surface area contributed by atoms with E-state index in [0.29, 0.717) is 22.5 Å². The molecule has 37 heavy (non-hydrogen) atoms. The van der Waals surface area contributed by atoms with Crippen LogP contribution in [0.4, 0.5) is 14.5 Å². The molecule has 0 spiro atoms. The lowest BCUT2D eigenvalue weighted by atomic mass is 10.00. The summed E-state index contributed by atoms with van der Waals surface area (Å²) in [5, 5.41) is 16.7. The van der Waals surface area contributed by atoms with Gasteiger partial charge in [0.05, 0.1) is 24.0 Å². The average molecular weight is 512 g/mol. The molecule has 13 heteroatoms. The number of fused-ring (bicyclic) bond motifs is 1. The number of nitrogens with two attached hydrogens (primary N) is 1. The molecule has 2 atom stereocenters. The van der Waals surface area contributed by atoms with Crippen LogP contribution in [-0.2, 0) is 0 Å². The number of hydrogen-bond acceptors (Lipinski definition) is 9. The largest absolute Gasteiger partial charge is 0.434 e. The molecular weight excluding hydrogens is 484 g/mol. The molecule has 1 amide bonds. The van der Waals surface area contributed by atoms with Crippen LogP contribution in [0.2, 0.25) is 0 Å². The summed E-state index contributed by atoms with van der Waals surface area (Å²) in [6.07, 6.45) is 9.39. The molecule has 5 N–H and O–H groups in total. The van der Waals surface area contributed by atoms with Crippen LogP contribution in [0.15, 0.2) is 48.7 Å². The van der Waals surface area contributed by atoms with Gasteiger partial charge in [0.1, 0.15) is 11.3 Å². The molecule has 0 radical (unpaired) electrons. The number of likely N-dealkylation sites (N-methyl/N-ethyl adjacent to an activating group) is 1. The Morgan fingerprint density at radius 2 is 2.24 bits per heavy atom. The van der Waals surface area contributed by atoms with Gasteiger partial charge in [0.25, 0.3) is 5.91 Å². The monoisotopic (exact) mass is 511 g/mol. The van der Waals surface area contributed by atoms with E-state index in [1.165, 1.54) is 22.8 Å². The number of alkyl halides is 2. The molecule has 2 aliphatic rings. The van der Waals surface area contributed by atoms with Crippen LogP contribution in [-0.4, -0.2) is 69.4 Å². The van der Waals surface area contributed by atoms with Gasteiger partial charge in [-0.15, -0.1) is 0 Å². The SMILES string of the molecule is CN1CCCC(N2C=C(NC(=O)c3cnn4cccnc34)C(c3cc(C=N)c(N)cc3OC(F)F)N2)C1. The van der Waals surface area contributed by atoms with E-state index in [1.807, 2.05) is 12.1 Å². The number of amides is 1. The third-order valence-electron chi connectivity index (χ3n) is 6.54. The normalized spacial score (nSPS) is 20.3. The summed E-state index contributed by atoms with van der Waals surface area (Å²) in [4.78, 5) is 19.8. The maximum atomic E-state index is 13.3. The number of benzene rings is 1. The number of nitrogens with one attached hydrogen (secondary N) is 3. The number of nitrogens with zero attached hydrogens (tertiary/aromatic N) is 5. The van der Waals surface area contributed by atoms with Crippen LogP contribution in [0.5, 0.6) is 5.75 Å². The van der Waals surface area contributed by atoms with Gasteiger partial charge in [-0.3, -0.25) is 4.79 Å². The molecular formula is C24H27F2N9O2. The fourth-order valence-electron chi connectivity index (χ4n) is 4.76. The zero-order valence-electron chi connectivity index (χ0n) is 20.1. The van der Waals surface area contributed by atoms with Gasteiger partial charge in [-0.25, -0.2) is 14.9 Å². The third kappa shape index (κ3) is 4.95. The summed E-state index contributed by atoms with van der Waals surface area (Å²) >= 11 is 0. The zero-order chi connectivity index (χ0) is 26.1. The van der Waals surface area contributed by atoms with Crippen LogP contribution in [0.25, 0.3) is 5.65 Å². The first kappa shape index (κ1) is 24.6. The first-order valence-electron chi connectivity index (χ1n) is 11.8. The second-order valence-electron chi connectivity index (χ2n) is 9.05. The standard InChI is InChI=1S/C24H27F2N9O2/c1-33-6-2-4-15(12-33)35-13-19(31-23(36)17-11-30-34-7-3-5-29-22(17)34)21(32-35)16-8-14(10-27)18(28)9-20(16)37-24(25)26/h3,5,7-11,13,15,21,24,27,32H,2,4,6,12,28H2,1H3,(H,31,36). The lowest BCUT2D eigenvalue weighted by molar-refractivity contribution is -0.0507. The summed E-state index contributed by atoms with van der Waals surface area (Å²) in [6.45, 7) is -1.32. The number of halogens is 2. The van der Waals surface area contributed by atoms with Crippen LogP contribution < -0.4 is 21.2 Å². The van der Waals surface area contributed by atoms with E-state index < -0.39 is 18.6 Å². The molecule has 2 unspecified atom stereocenters. The molecule has 4 heterocycles. The summed E-state index contributed by atoms with van der Waals surface area (Å²) in [5.41, 5.74) is 11.1. The molecule has 1 aromatic carbocycles. The molecule has 0 aliphatic carbocycles. The van der Waals surface area contributed by atoms with Gasteiger partial charge in [-0.2, -0.15) is 13.9 Å². The Bertz CT molecular complexity index is 1360. The number of carbonyl (C=O) groups excluding carboxylic acids is 1. The number of ether oxygens (including phenoxy) is 1. The van der Waals surface area contributed by atoms with E-state index >= 15 is 0 Å². The van der Waals surface area contributed by atoms with Gasteiger partial charge in [0.15, 0.2) is 5.65 Å². The van der Waals surface area contributed by atoms with Crippen molar-refractivity contribution in [1.29, 1.82) is 5.41 Å². The van der Waals surface area contributed by atoms with Crippen molar-refractivity contribution >= 4 is 23.5 Å². The van der Waals surface area contributed by atoms with E-state index in [2.05, 4.69) is 25.7 Å². The van der Waals surface area contributed by atoms with Crippen molar-refractivity contribution in [2.45, 2.75) is 31.5 Å². The van der Waals surface area contributed by atoms with E-state index in [4.69, 9.17) is 15.9 Å². The van der Waals surface area contributed by atoms with Gasteiger partial charge in [0, 0.05) is 54.2 Å². The summed E-state index contributed by atoms with van der Waals surface area (Å²) in [5.74, 6) is -0.593. The number of likely N-dealkylation sites (tertiary alicyclic amines) is 1. The summed E-state index contributed by atoms with van der Waals surface area (Å²) < 4.78 is 32.9. The highest BCUT2D eigenvalue weighted by atomic mass is 19.3. The quantitative estimate of drug-likeness (QED) is 0.280. The minimum Gasteiger partial charge on any atom is -0.434 e. The topological polar surface area (TPSA) is 137 Å². The predicted molar refractivity (Wildman–Crippen MR) is 132 cm³/mol. The molecule has 2 aromatic heterocycles. The van der Waals surface area contributed by atoms with Gasteiger partial charge < -0.3 is 31.1 Å². The maximum Gasteiger partial charge on any atom is 0.387 e. The molecule has 3 aromatic rings. The highest BCUT2D eigenvalue weighted by Crippen LogP contribution is 2.37. The van der Waals surface area contributed by atoms with E-state index in [9.17, 15) is 13.6 Å². The molecule has 11 nitrogen and oxygen atoms in total. The molecule has 194 valence electrons. The van der Waals surface area contributed by atoms with Crippen LogP contribution in [0.3, 0.4) is 0 Å². The van der Waals surface area contributed by atoms with E-state index in [0.717, 1.165) is 32.1 Å². The molecule has 0 bridgehead atoms. The van der Waals surface area contributed by atoms with E-state index in [-0.39, 0.29) is 23.0 Å². The second-order valence-corrected chi connectivity index (χ2v) is 9.05. The molecule has 1 fully saturated rings. The Morgan fingerprint density at radius 1 is 1.41 bits per heavy atom.